The van der Waals surface area contributed by atoms with Crippen molar-refractivity contribution < 1.29 is 69.3 Å². The third-order valence-electron chi connectivity index (χ3n) is 6.63. The Balaban J connectivity index is 1.66. The van der Waals surface area contributed by atoms with Gasteiger partial charge in [-0.25, -0.2) is 9.59 Å². The minimum atomic E-state index is -1.74. The number of rotatable bonds is 7. The van der Waals surface area contributed by atoms with Gasteiger partial charge in [0.15, 0.2) is 17.7 Å². The summed E-state index contributed by atoms with van der Waals surface area (Å²) in [5.74, 6) is -4.86. The van der Waals surface area contributed by atoms with E-state index in [0.717, 1.165) is 0 Å². The van der Waals surface area contributed by atoms with E-state index in [1.165, 1.54) is 35.1 Å². The lowest BCUT2D eigenvalue weighted by Gasteiger charge is -2.39. The Morgan fingerprint density at radius 1 is 1.13 bits per heavy atom. The van der Waals surface area contributed by atoms with E-state index in [2.05, 4.69) is 5.32 Å². The van der Waals surface area contributed by atoms with Crippen molar-refractivity contribution in [2.24, 2.45) is 0 Å². The molecule has 39 heavy (non-hydrogen) atoms. The number of carbonyl (C=O) groups excluding carboxylic acids is 1. The number of phenolic OH excluding ortho intramolecular Hbond substituents is 1. The van der Waals surface area contributed by atoms with Gasteiger partial charge in [0.05, 0.1) is 12.7 Å². The number of fused-ring (bicyclic) bond motifs is 1. The standard InChI is InChI=1S/C24H26N2O13/c27-8-17-18(29)19(30)20(31)24(39-17)38-16-6-10-5-14(23(36)37)26(13(10)7-15(16)28)2-1-9-3-11(21(32)33)25-12(4-9)22(34)35/h1-3,6-7,12,14,17-20,24,27,29-31H,4-5,8H2,(H4,28,32,33,34,35,36,37)/t12-,14-,17+,18+,19+,20+,24+/m0/s1. The molecule has 15 nitrogen and oxygen atoms in total. The largest absolute Gasteiger partial charge is 0.543 e. The number of aliphatic hydroxyl groups is 4. The lowest BCUT2D eigenvalue weighted by molar-refractivity contribution is -0.475. The minimum Gasteiger partial charge on any atom is -0.543 e. The molecule has 8 N–H and O–H groups in total. The zero-order valence-corrected chi connectivity index (χ0v) is 20.1. The van der Waals surface area contributed by atoms with Gasteiger partial charge in [-0.05, 0) is 17.7 Å². The SMILES string of the molecule is O=C(O)C1=C/C(=C\C=[N+]2c3cc(O)c(O[C@@H]4O[C@H](CO)[C@@H](O)[C@@H](O)[C@H]4O)cc3C[C@H]2C(=O)[O-])C[C@@H](C(=O)O)N1. The third-order valence-corrected chi connectivity index (χ3v) is 6.63. The van der Waals surface area contributed by atoms with Crippen LogP contribution in [0, 0.1) is 0 Å². The first-order chi connectivity index (χ1) is 18.4. The number of phenols is 1. The Labute approximate surface area is 219 Å². The number of nitrogens with one attached hydrogen (secondary N) is 1. The maximum Gasteiger partial charge on any atom is 0.351 e. The molecule has 0 aromatic heterocycles. The molecule has 0 bridgehead atoms. The molecule has 3 aliphatic heterocycles. The summed E-state index contributed by atoms with van der Waals surface area (Å²) < 4.78 is 12.0. The van der Waals surface area contributed by atoms with Crippen LogP contribution in [0.4, 0.5) is 5.69 Å². The van der Waals surface area contributed by atoms with Crippen LogP contribution in [0.2, 0.25) is 0 Å². The van der Waals surface area contributed by atoms with Gasteiger partial charge in [-0.3, -0.25) is 0 Å². The van der Waals surface area contributed by atoms with Crippen LogP contribution in [0.5, 0.6) is 11.5 Å². The van der Waals surface area contributed by atoms with Crippen LogP contribution in [-0.2, 0) is 25.5 Å². The van der Waals surface area contributed by atoms with Gasteiger partial charge in [0.1, 0.15) is 42.1 Å². The first-order valence-corrected chi connectivity index (χ1v) is 11.7. The van der Waals surface area contributed by atoms with E-state index in [1.54, 1.807) is 0 Å². The summed E-state index contributed by atoms with van der Waals surface area (Å²) in [5, 5.41) is 82.9. The van der Waals surface area contributed by atoms with Gasteiger partial charge in [0, 0.05) is 24.5 Å². The number of aromatic hydroxyl groups is 1. The summed E-state index contributed by atoms with van der Waals surface area (Å²) in [4.78, 5) is 34.7. The first-order valence-electron chi connectivity index (χ1n) is 11.7. The zero-order chi connectivity index (χ0) is 28.6. The Bertz CT molecular complexity index is 1270. The maximum absolute atomic E-state index is 11.9. The molecule has 7 atom stereocenters. The number of carbonyl (C=O) groups is 3. The van der Waals surface area contributed by atoms with Crippen molar-refractivity contribution in [3.05, 3.63) is 41.1 Å². The number of allylic oxidation sites excluding steroid dienone is 2. The number of hydrogen-bond acceptors (Lipinski definition) is 12. The van der Waals surface area contributed by atoms with Crippen LogP contribution in [-0.4, -0.2) is 114 Å². The molecular weight excluding hydrogens is 524 g/mol. The Morgan fingerprint density at radius 3 is 2.46 bits per heavy atom. The fourth-order valence-electron chi connectivity index (χ4n) is 4.57. The van der Waals surface area contributed by atoms with E-state index in [1.807, 2.05) is 0 Å². The van der Waals surface area contributed by atoms with Crippen molar-refractivity contribution in [1.29, 1.82) is 0 Å². The predicted molar refractivity (Wildman–Crippen MR) is 124 cm³/mol. The number of carboxylic acids is 3. The molecule has 1 aromatic rings. The van der Waals surface area contributed by atoms with E-state index in [9.17, 15) is 55.2 Å². The average molecular weight is 550 g/mol. The van der Waals surface area contributed by atoms with Crippen LogP contribution in [0.25, 0.3) is 0 Å². The summed E-state index contributed by atoms with van der Waals surface area (Å²) in [6, 6.07) is -0.00207. The highest BCUT2D eigenvalue weighted by Crippen LogP contribution is 2.40. The third kappa shape index (κ3) is 5.57. The molecule has 0 aliphatic carbocycles. The van der Waals surface area contributed by atoms with Gasteiger partial charge in [-0.2, -0.15) is 4.58 Å². The highest BCUT2D eigenvalue weighted by molar-refractivity contribution is 5.89. The fourth-order valence-corrected chi connectivity index (χ4v) is 4.57. The average Bonchev–Trinajstić information content (AvgIpc) is 3.24. The molecule has 15 heteroatoms. The van der Waals surface area contributed by atoms with E-state index in [0.29, 0.717) is 5.56 Å². The lowest BCUT2D eigenvalue weighted by atomic mass is 9.99. The van der Waals surface area contributed by atoms with Gasteiger partial charge < -0.3 is 60.4 Å². The number of carboxylic acid groups (broad SMARTS) is 3. The maximum atomic E-state index is 11.9. The van der Waals surface area contributed by atoms with Crippen LogP contribution >= 0.6 is 0 Å². The van der Waals surface area contributed by atoms with Gasteiger partial charge in [-0.1, -0.05) is 0 Å². The van der Waals surface area contributed by atoms with E-state index in [4.69, 9.17) is 9.47 Å². The summed E-state index contributed by atoms with van der Waals surface area (Å²) in [5.41, 5.74) is 0.535. The smallest absolute Gasteiger partial charge is 0.351 e. The second-order valence-electron chi connectivity index (χ2n) is 9.20. The number of benzene rings is 1. The number of hydrogen-bond donors (Lipinski definition) is 8. The molecule has 4 rings (SSSR count). The van der Waals surface area contributed by atoms with Crippen LogP contribution < -0.4 is 15.2 Å². The highest BCUT2D eigenvalue weighted by atomic mass is 16.7. The van der Waals surface area contributed by atoms with E-state index >= 15 is 0 Å². The molecule has 3 aliphatic rings. The van der Waals surface area contributed by atoms with Crippen LogP contribution in [0.3, 0.4) is 0 Å². The van der Waals surface area contributed by atoms with Gasteiger partial charge >= 0.3 is 11.9 Å². The highest BCUT2D eigenvalue weighted by Gasteiger charge is 2.45. The van der Waals surface area contributed by atoms with Crippen LogP contribution in [0.15, 0.2) is 35.6 Å². The monoisotopic (exact) mass is 550 g/mol. The van der Waals surface area contributed by atoms with Crippen molar-refractivity contribution in [3.8, 4) is 11.5 Å². The molecule has 1 fully saturated rings. The first kappa shape index (κ1) is 28.0. The molecular formula is C24H26N2O13. The molecule has 1 aromatic carbocycles. The Morgan fingerprint density at radius 2 is 1.85 bits per heavy atom. The fraction of sp³-hybridized carbons (Fsp3) is 0.417. The number of ether oxygens (including phenoxy) is 2. The summed E-state index contributed by atoms with van der Waals surface area (Å²) in [6.07, 6.45) is -4.24. The molecule has 1 saturated heterocycles. The zero-order valence-electron chi connectivity index (χ0n) is 20.1. The molecule has 0 unspecified atom stereocenters. The molecule has 0 saturated carbocycles. The van der Waals surface area contributed by atoms with Crippen LogP contribution in [0.1, 0.15) is 12.0 Å². The summed E-state index contributed by atoms with van der Waals surface area (Å²) in [6.45, 7) is -0.693. The topological polar surface area (TPSA) is 249 Å². The molecule has 0 amide bonds. The quantitative estimate of drug-likeness (QED) is 0.152. The van der Waals surface area contributed by atoms with E-state index in [-0.39, 0.29) is 35.5 Å². The van der Waals surface area contributed by atoms with Crippen molar-refractivity contribution in [3.63, 3.8) is 0 Å². The number of nitrogens with zero attached hydrogens (tertiary/aromatic N) is 1. The predicted octanol–water partition coefficient (Wildman–Crippen LogP) is -3.70. The van der Waals surface area contributed by atoms with Crippen molar-refractivity contribution in [2.45, 2.75) is 55.6 Å². The molecule has 210 valence electrons. The summed E-state index contributed by atoms with van der Waals surface area (Å²) >= 11 is 0. The summed E-state index contributed by atoms with van der Waals surface area (Å²) in [7, 11) is 0. The molecule has 0 radical (unpaired) electrons. The second kappa shape index (κ2) is 11.0. The van der Waals surface area contributed by atoms with E-state index < -0.39 is 73.1 Å². The minimum absolute atomic E-state index is 0.0869. The van der Waals surface area contributed by atoms with Crippen molar-refractivity contribution >= 4 is 29.8 Å². The Kier molecular flexibility index (Phi) is 7.89. The second-order valence-corrected chi connectivity index (χ2v) is 9.20. The molecule has 0 spiro atoms. The van der Waals surface area contributed by atoms with Gasteiger partial charge in [0.2, 0.25) is 18.0 Å². The number of aliphatic carboxylic acids is 3. The van der Waals surface area contributed by atoms with Gasteiger partial charge in [-0.15, -0.1) is 0 Å². The normalized spacial score (nSPS) is 32.3. The van der Waals surface area contributed by atoms with Crippen molar-refractivity contribution in [2.75, 3.05) is 6.61 Å². The number of aliphatic hydroxyl groups excluding tert-OH is 4. The van der Waals surface area contributed by atoms with Crippen molar-refractivity contribution in [1.82, 2.24) is 5.32 Å². The van der Waals surface area contributed by atoms with Gasteiger partial charge in [0.25, 0.3) is 0 Å². The molecule has 3 heterocycles. The Hall–Kier alpha value is -4.02. The lowest BCUT2D eigenvalue weighted by Crippen LogP contribution is -2.60.